The summed E-state index contributed by atoms with van der Waals surface area (Å²) in [5.41, 5.74) is 3.23. The van der Waals surface area contributed by atoms with Gasteiger partial charge in [-0.05, 0) is 67.2 Å². The number of rotatable bonds is 7. The highest BCUT2D eigenvalue weighted by Gasteiger charge is 2.51. The molecule has 170 valence electrons. The van der Waals surface area contributed by atoms with E-state index < -0.39 is 0 Å². The minimum absolute atomic E-state index is 0.0700. The summed E-state index contributed by atoms with van der Waals surface area (Å²) in [4.78, 5) is 13.9. The first-order valence-electron chi connectivity index (χ1n) is 12.2. The standard InChI is InChI=1S/C26H35N5O/c1-19(32)28-23-9-7-22(8-10-23)24-11-12-25(30-29-24)27-15-21-13-26(14-21)17-31(18-26)16-20-5-3-2-4-6-20/h7-12,20-21H,2-6,13-18H2,1H3,(H,27,30)(H,28,32). The molecular weight excluding hydrogens is 398 g/mol. The van der Waals surface area contributed by atoms with E-state index in [-0.39, 0.29) is 5.91 Å². The van der Waals surface area contributed by atoms with E-state index in [4.69, 9.17) is 0 Å². The Hall–Kier alpha value is -2.47. The lowest BCUT2D eigenvalue weighted by atomic mass is 9.57. The number of benzene rings is 1. The third kappa shape index (κ3) is 4.96. The van der Waals surface area contributed by atoms with Crippen LogP contribution in [-0.2, 0) is 4.79 Å². The monoisotopic (exact) mass is 433 g/mol. The minimum atomic E-state index is -0.0700. The molecule has 2 aromatic rings. The van der Waals surface area contributed by atoms with E-state index in [2.05, 4.69) is 25.7 Å². The van der Waals surface area contributed by atoms with Gasteiger partial charge >= 0.3 is 0 Å². The minimum Gasteiger partial charge on any atom is -0.368 e. The zero-order valence-electron chi connectivity index (χ0n) is 19.1. The smallest absolute Gasteiger partial charge is 0.221 e. The Bertz CT molecular complexity index is 906. The zero-order chi connectivity index (χ0) is 22.0. The highest BCUT2D eigenvalue weighted by molar-refractivity contribution is 5.88. The molecule has 2 aliphatic carbocycles. The van der Waals surface area contributed by atoms with Gasteiger partial charge in [-0.2, -0.15) is 0 Å². The van der Waals surface area contributed by atoms with E-state index in [0.717, 1.165) is 41.1 Å². The number of nitrogens with zero attached hydrogens (tertiary/aromatic N) is 3. The number of nitrogens with one attached hydrogen (secondary N) is 2. The van der Waals surface area contributed by atoms with Crippen molar-refractivity contribution in [1.29, 1.82) is 0 Å². The molecule has 2 heterocycles. The molecule has 32 heavy (non-hydrogen) atoms. The van der Waals surface area contributed by atoms with Crippen molar-refractivity contribution in [3.05, 3.63) is 36.4 Å². The van der Waals surface area contributed by atoms with Crippen LogP contribution in [0.15, 0.2) is 36.4 Å². The van der Waals surface area contributed by atoms with Gasteiger partial charge in [0.05, 0.1) is 5.69 Å². The predicted octanol–water partition coefficient (Wildman–Crippen LogP) is 4.81. The van der Waals surface area contributed by atoms with Gasteiger partial charge in [0.15, 0.2) is 0 Å². The first-order valence-corrected chi connectivity index (χ1v) is 12.2. The first kappa shape index (κ1) is 21.4. The average Bonchev–Trinajstić information content (AvgIpc) is 2.75. The Labute approximate surface area is 191 Å². The quantitative estimate of drug-likeness (QED) is 0.656. The van der Waals surface area contributed by atoms with Gasteiger partial charge in [-0.25, -0.2) is 0 Å². The number of carbonyl (C=O) groups excluding carboxylic acids is 1. The second-order valence-electron chi connectivity index (χ2n) is 10.4. The summed E-state index contributed by atoms with van der Waals surface area (Å²) in [7, 11) is 0. The summed E-state index contributed by atoms with van der Waals surface area (Å²) < 4.78 is 0. The Kier molecular flexibility index (Phi) is 6.13. The second kappa shape index (κ2) is 9.18. The van der Waals surface area contributed by atoms with Crippen LogP contribution < -0.4 is 10.6 Å². The Morgan fingerprint density at radius 3 is 2.41 bits per heavy atom. The van der Waals surface area contributed by atoms with Gasteiger partial charge in [0.1, 0.15) is 5.82 Å². The van der Waals surface area contributed by atoms with Crippen molar-refractivity contribution in [3.63, 3.8) is 0 Å². The number of aromatic nitrogens is 2. The van der Waals surface area contributed by atoms with Crippen molar-refractivity contribution in [2.24, 2.45) is 17.3 Å². The summed E-state index contributed by atoms with van der Waals surface area (Å²) in [6, 6.07) is 11.7. The van der Waals surface area contributed by atoms with Gasteiger partial charge in [0, 0.05) is 44.4 Å². The van der Waals surface area contributed by atoms with Crippen molar-refractivity contribution in [3.8, 4) is 11.3 Å². The fourth-order valence-electron chi connectivity index (χ4n) is 6.09. The van der Waals surface area contributed by atoms with Crippen LogP contribution in [0, 0.1) is 17.3 Å². The zero-order valence-corrected chi connectivity index (χ0v) is 19.1. The maximum absolute atomic E-state index is 11.1. The third-order valence-corrected chi connectivity index (χ3v) is 7.54. The number of hydrogen-bond donors (Lipinski definition) is 2. The molecule has 1 aliphatic heterocycles. The summed E-state index contributed by atoms with van der Waals surface area (Å²) in [6.45, 7) is 6.50. The van der Waals surface area contributed by atoms with Crippen LogP contribution in [-0.4, -0.2) is 47.2 Å². The van der Waals surface area contributed by atoms with E-state index in [0.29, 0.717) is 5.41 Å². The number of anilines is 2. The molecule has 6 heteroatoms. The van der Waals surface area contributed by atoms with E-state index in [1.54, 1.807) is 0 Å². The highest BCUT2D eigenvalue weighted by atomic mass is 16.1. The third-order valence-electron chi connectivity index (χ3n) is 7.54. The second-order valence-corrected chi connectivity index (χ2v) is 10.4. The van der Waals surface area contributed by atoms with Crippen molar-refractivity contribution in [2.75, 3.05) is 36.8 Å². The van der Waals surface area contributed by atoms with Gasteiger partial charge in [-0.3, -0.25) is 4.79 Å². The molecule has 3 fully saturated rings. The SMILES string of the molecule is CC(=O)Nc1ccc(-c2ccc(NCC3CC4(C3)CN(CC3CCCCC3)C4)nn2)cc1. The Morgan fingerprint density at radius 1 is 1.00 bits per heavy atom. The number of amides is 1. The van der Waals surface area contributed by atoms with Crippen LogP contribution in [0.25, 0.3) is 11.3 Å². The van der Waals surface area contributed by atoms with Crippen molar-refractivity contribution < 1.29 is 4.79 Å². The summed E-state index contributed by atoms with van der Waals surface area (Å²) in [5.74, 6) is 2.50. The van der Waals surface area contributed by atoms with Crippen LogP contribution in [0.5, 0.6) is 0 Å². The number of likely N-dealkylation sites (tertiary alicyclic amines) is 1. The lowest BCUT2D eigenvalue weighted by Crippen LogP contribution is -2.63. The molecule has 5 rings (SSSR count). The molecule has 0 atom stereocenters. The predicted molar refractivity (Wildman–Crippen MR) is 128 cm³/mol. The molecule has 0 unspecified atom stereocenters. The Balaban J connectivity index is 1.03. The largest absolute Gasteiger partial charge is 0.368 e. The molecule has 0 bridgehead atoms. The molecule has 2 N–H and O–H groups in total. The normalized spacial score (nSPS) is 21.0. The lowest BCUT2D eigenvalue weighted by molar-refractivity contribution is -0.114. The summed E-state index contributed by atoms with van der Waals surface area (Å²) >= 11 is 0. The van der Waals surface area contributed by atoms with Crippen molar-refractivity contribution in [1.82, 2.24) is 15.1 Å². The van der Waals surface area contributed by atoms with Crippen LogP contribution >= 0.6 is 0 Å². The van der Waals surface area contributed by atoms with Gasteiger partial charge in [-0.1, -0.05) is 31.4 Å². The molecule has 1 amide bonds. The van der Waals surface area contributed by atoms with Crippen LogP contribution in [0.3, 0.4) is 0 Å². The molecule has 3 aliphatic rings. The van der Waals surface area contributed by atoms with Gasteiger partial charge in [0.2, 0.25) is 5.91 Å². The topological polar surface area (TPSA) is 70.2 Å². The number of carbonyl (C=O) groups is 1. The molecule has 1 spiro atoms. The maximum atomic E-state index is 11.1. The highest BCUT2D eigenvalue weighted by Crippen LogP contribution is 2.52. The summed E-state index contributed by atoms with van der Waals surface area (Å²) in [5, 5.41) is 15.0. The van der Waals surface area contributed by atoms with Crippen LogP contribution in [0.4, 0.5) is 11.5 Å². The van der Waals surface area contributed by atoms with E-state index in [1.807, 2.05) is 36.4 Å². The molecule has 1 saturated heterocycles. The van der Waals surface area contributed by atoms with Gasteiger partial charge < -0.3 is 15.5 Å². The molecule has 1 aromatic carbocycles. The Morgan fingerprint density at radius 2 is 1.75 bits per heavy atom. The fraction of sp³-hybridized carbons (Fsp3) is 0.577. The fourth-order valence-corrected chi connectivity index (χ4v) is 6.09. The van der Waals surface area contributed by atoms with Crippen molar-refractivity contribution in [2.45, 2.75) is 51.9 Å². The van der Waals surface area contributed by atoms with Crippen molar-refractivity contribution >= 4 is 17.4 Å². The summed E-state index contributed by atoms with van der Waals surface area (Å²) in [6.07, 6.45) is 9.98. The molecule has 1 aromatic heterocycles. The van der Waals surface area contributed by atoms with E-state index in [9.17, 15) is 4.79 Å². The van der Waals surface area contributed by atoms with Crippen LogP contribution in [0.2, 0.25) is 0 Å². The van der Waals surface area contributed by atoms with Gasteiger partial charge in [0.25, 0.3) is 0 Å². The van der Waals surface area contributed by atoms with E-state index in [1.165, 1.54) is 71.5 Å². The van der Waals surface area contributed by atoms with Gasteiger partial charge in [-0.15, -0.1) is 10.2 Å². The maximum Gasteiger partial charge on any atom is 0.221 e. The molecule has 6 nitrogen and oxygen atoms in total. The number of hydrogen-bond acceptors (Lipinski definition) is 5. The molecule has 2 saturated carbocycles. The molecular formula is C26H35N5O. The first-order chi connectivity index (χ1) is 15.6. The molecule has 0 radical (unpaired) electrons. The average molecular weight is 434 g/mol. The lowest BCUT2D eigenvalue weighted by Gasteiger charge is -2.60. The van der Waals surface area contributed by atoms with E-state index >= 15 is 0 Å². The van der Waals surface area contributed by atoms with Crippen LogP contribution in [0.1, 0.15) is 51.9 Å².